The van der Waals surface area contributed by atoms with Crippen molar-refractivity contribution >= 4 is 5.97 Å². The number of ether oxygens (including phenoxy) is 1. The Labute approximate surface area is 119 Å². The van der Waals surface area contributed by atoms with Crippen LogP contribution in [0, 0.1) is 0 Å². The van der Waals surface area contributed by atoms with Gasteiger partial charge in [-0.25, -0.2) is 0 Å². The van der Waals surface area contributed by atoms with E-state index < -0.39 is 17.6 Å². The molecule has 3 nitrogen and oxygen atoms in total. The minimum absolute atomic E-state index is 0.416. The lowest BCUT2D eigenvalue weighted by Crippen LogP contribution is -2.37. The molecule has 0 aromatic heterocycles. The maximum atomic E-state index is 12.0. The van der Waals surface area contributed by atoms with Gasteiger partial charge in [0.05, 0.1) is 0 Å². The number of hydrogen-bond donors (Lipinski definition) is 1. The van der Waals surface area contributed by atoms with Gasteiger partial charge in [-0.2, -0.15) is 0 Å². The van der Waals surface area contributed by atoms with E-state index in [-0.39, 0.29) is 0 Å². The van der Waals surface area contributed by atoms with Crippen LogP contribution >= 0.6 is 0 Å². The van der Waals surface area contributed by atoms with Gasteiger partial charge in [-0.05, 0) is 25.0 Å². The molecule has 0 amide bonds. The first-order chi connectivity index (χ1) is 9.54. The highest BCUT2D eigenvalue weighted by molar-refractivity contribution is 5.76. The second kappa shape index (κ2) is 5.88. The molecule has 20 heavy (non-hydrogen) atoms. The third-order valence-electron chi connectivity index (χ3n) is 3.33. The van der Waals surface area contributed by atoms with E-state index in [1.54, 1.807) is 6.92 Å². The molecular formula is C17H19NO2. The SMILES string of the molecule is CC(N)C(=O)OC(C)(c1ccccc1)c1ccccc1. The molecular weight excluding hydrogens is 250 g/mol. The minimum atomic E-state index is -0.840. The van der Waals surface area contributed by atoms with Gasteiger partial charge >= 0.3 is 5.97 Å². The summed E-state index contributed by atoms with van der Waals surface area (Å²) in [6.07, 6.45) is 0. The molecule has 1 atom stereocenters. The summed E-state index contributed by atoms with van der Waals surface area (Å²) in [6, 6.07) is 18.7. The van der Waals surface area contributed by atoms with Crippen LogP contribution in [0.25, 0.3) is 0 Å². The van der Waals surface area contributed by atoms with E-state index in [1.165, 1.54) is 0 Å². The van der Waals surface area contributed by atoms with Crippen molar-refractivity contribution in [2.75, 3.05) is 0 Å². The quantitative estimate of drug-likeness (QED) is 0.868. The van der Waals surface area contributed by atoms with Crippen LogP contribution in [-0.2, 0) is 15.1 Å². The predicted molar refractivity (Wildman–Crippen MR) is 79.1 cm³/mol. The molecule has 0 aliphatic rings. The van der Waals surface area contributed by atoms with Crippen molar-refractivity contribution in [1.82, 2.24) is 0 Å². The van der Waals surface area contributed by atoms with Gasteiger partial charge < -0.3 is 10.5 Å². The van der Waals surface area contributed by atoms with Crippen molar-refractivity contribution in [2.24, 2.45) is 5.73 Å². The Morgan fingerprint density at radius 3 is 1.75 bits per heavy atom. The molecule has 1 unspecified atom stereocenters. The van der Waals surface area contributed by atoms with E-state index in [9.17, 15) is 4.79 Å². The minimum Gasteiger partial charge on any atom is -0.448 e. The largest absolute Gasteiger partial charge is 0.448 e. The highest BCUT2D eigenvalue weighted by atomic mass is 16.6. The average Bonchev–Trinajstić information content (AvgIpc) is 2.48. The number of benzene rings is 2. The van der Waals surface area contributed by atoms with Gasteiger partial charge in [0.15, 0.2) is 5.60 Å². The zero-order valence-corrected chi connectivity index (χ0v) is 11.7. The van der Waals surface area contributed by atoms with E-state index in [0.29, 0.717) is 0 Å². The van der Waals surface area contributed by atoms with Crippen LogP contribution in [0.5, 0.6) is 0 Å². The molecule has 0 fully saturated rings. The van der Waals surface area contributed by atoms with Gasteiger partial charge in [0.25, 0.3) is 0 Å². The van der Waals surface area contributed by atoms with E-state index >= 15 is 0 Å². The van der Waals surface area contributed by atoms with Crippen molar-refractivity contribution in [3.63, 3.8) is 0 Å². The first-order valence-electron chi connectivity index (χ1n) is 6.63. The molecule has 2 aromatic carbocycles. The fourth-order valence-electron chi connectivity index (χ4n) is 2.09. The van der Waals surface area contributed by atoms with Crippen molar-refractivity contribution in [2.45, 2.75) is 25.5 Å². The van der Waals surface area contributed by atoms with Crippen molar-refractivity contribution in [3.05, 3.63) is 71.8 Å². The van der Waals surface area contributed by atoms with E-state index in [0.717, 1.165) is 11.1 Å². The maximum absolute atomic E-state index is 12.0. The number of nitrogens with two attached hydrogens (primary N) is 1. The Bertz CT molecular complexity index is 525. The normalized spacial score (nSPS) is 12.8. The zero-order chi connectivity index (χ0) is 14.6. The van der Waals surface area contributed by atoms with Gasteiger partial charge in [-0.1, -0.05) is 60.7 Å². The number of rotatable bonds is 4. The summed E-state index contributed by atoms with van der Waals surface area (Å²) in [5.41, 5.74) is 6.62. The summed E-state index contributed by atoms with van der Waals surface area (Å²) >= 11 is 0. The van der Waals surface area contributed by atoms with E-state index in [1.807, 2.05) is 67.6 Å². The molecule has 0 saturated carbocycles. The van der Waals surface area contributed by atoms with E-state index in [2.05, 4.69) is 0 Å². The van der Waals surface area contributed by atoms with Gasteiger partial charge in [-0.3, -0.25) is 4.79 Å². The van der Waals surface area contributed by atoms with Crippen LogP contribution in [-0.4, -0.2) is 12.0 Å². The average molecular weight is 269 g/mol. The molecule has 0 aliphatic heterocycles. The number of hydrogen-bond acceptors (Lipinski definition) is 3. The van der Waals surface area contributed by atoms with Gasteiger partial charge in [-0.15, -0.1) is 0 Å². The molecule has 3 heteroatoms. The van der Waals surface area contributed by atoms with Crippen molar-refractivity contribution in [3.8, 4) is 0 Å². The molecule has 0 spiro atoms. The third-order valence-corrected chi connectivity index (χ3v) is 3.33. The van der Waals surface area contributed by atoms with Crippen LogP contribution in [0.4, 0.5) is 0 Å². The molecule has 0 bridgehead atoms. The van der Waals surface area contributed by atoms with Crippen LogP contribution in [0.2, 0.25) is 0 Å². The van der Waals surface area contributed by atoms with Crippen LogP contribution in [0.1, 0.15) is 25.0 Å². The van der Waals surface area contributed by atoms with Gasteiger partial charge in [0, 0.05) is 0 Å². The molecule has 0 radical (unpaired) electrons. The second-order valence-corrected chi connectivity index (χ2v) is 4.98. The molecule has 0 aliphatic carbocycles. The Hall–Kier alpha value is -2.13. The highest BCUT2D eigenvalue weighted by Crippen LogP contribution is 2.33. The fraction of sp³-hybridized carbons (Fsp3) is 0.235. The lowest BCUT2D eigenvalue weighted by atomic mass is 9.88. The topological polar surface area (TPSA) is 52.3 Å². The molecule has 2 rings (SSSR count). The lowest BCUT2D eigenvalue weighted by molar-refractivity contribution is -0.156. The Morgan fingerprint density at radius 2 is 1.40 bits per heavy atom. The summed E-state index contributed by atoms with van der Waals surface area (Å²) < 4.78 is 5.71. The molecule has 0 heterocycles. The standard InChI is InChI=1S/C17H19NO2/c1-13(18)16(19)20-17(2,14-9-5-3-6-10-14)15-11-7-4-8-12-15/h3-13H,18H2,1-2H3. The number of carbonyl (C=O) groups is 1. The molecule has 104 valence electrons. The third kappa shape index (κ3) is 2.89. The van der Waals surface area contributed by atoms with Crippen LogP contribution in [0.15, 0.2) is 60.7 Å². The maximum Gasteiger partial charge on any atom is 0.323 e. The summed E-state index contributed by atoms with van der Waals surface area (Å²) in [6.45, 7) is 3.51. The first-order valence-corrected chi connectivity index (χ1v) is 6.63. The Balaban J connectivity index is 2.47. The number of carbonyl (C=O) groups excluding carboxylic acids is 1. The monoisotopic (exact) mass is 269 g/mol. The fourth-order valence-corrected chi connectivity index (χ4v) is 2.09. The highest BCUT2D eigenvalue weighted by Gasteiger charge is 2.33. The lowest BCUT2D eigenvalue weighted by Gasteiger charge is -2.31. The van der Waals surface area contributed by atoms with Crippen molar-refractivity contribution in [1.29, 1.82) is 0 Å². The second-order valence-electron chi connectivity index (χ2n) is 4.98. The van der Waals surface area contributed by atoms with E-state index in [4.69, 9.17) is 10.5 Å². The zero-order valence-electron chi connectivity index (χ0n) is 11.7. The summed E-state index contributed by atoms with van der Waals surface area (Å²) in [4.78, 5) is 12.0. The van der Waals surface area contributed by atoms with Crippen LogP contribution < -0.4 is 5.73 Å². The summed E-state index contributed by atoms with van der Waals surface area (Å²) in [7, 11) is 0. The van der Waals surface area contributed by atoms with Gasteiger partial charge in [0.2, 0.25) is 0 Å². The Morgan fingerprint density at radius 1 is 1.00 bits per heavy atom. The van der Waals surface area contributed by atoms with Crippen LogP contribution in [0.3, 0.4) is 0 Å². The molecule has 2 aromatic rings. The first kappa shape index (κ1) is 14.3. The number of esters is 1. The smallest absolute Gasteiger partial charge is 0.323 e. The predicted octanol–water partition coefficient (Wildman–Crippen LogP) is 2.84. The van der Waals surface area contributed by atoms with Gasteiger partial charge in [0.1, 0.15) is 6.04 Å². The Kier molecular flexibility index (Phi) is 4.20. The molecule has 0 saturated heterocycles. The molecule has 2 N–H and O–H groups in total. The van der Waals surface area contributed by atoms with Crippen molar-refractivity contribution < 1.29 is 9.53 Å². The summed E-state index contributed by atoms with van der Waals surface area (Å²) in [5, 5.41) is 0. The summed E-state index contributed by atoms with van der Waals surface area (Å²) in [5.74, 6) is -0.416.